The molecule has 0 unspecified atom stereocenters. The molecule has 1 amide bonds. The van der Waals surface area contributed by atoms with Crippen LogP contribution in [0.25, 0.3) is 0 Å². The van der Waals surface area contributed by atoms with Crippen molar-refractivity contribution in [2.75, 3.05) is 24.8 Å². The summed E-state index contributed by atoms with van der Waals surface area (Å²) in [7, 11) is 1.65. The zero-order chi connectivity index (χ0) is 21.5. The SMILES string of the molecule is COc1cccc(CCN(c2ccc(C#N)cc2)c2nc(C(=O)NSC)c(C)s2)c1. The van der Waals surface area contributed by atoms with Gasteiger partial charge in [0.2, 0.25) is 0 Å². The van der Waals surface area contributed by atoms with Gasteiger partial charge in [0.15, 0.2) is 5.13 Å². The average molecular weight is 439 g/mol. The maximum Gasteiger partial charge on any atom is 0.280 e. The first-order chi connectivity index (χ1) is 14.5. The molecule has 1 aromatic heterocycles. The molecule has 154 valence electrons. The highest BCUT2D eigenvalue weighted by atomic mass is 32.2. The van der Waals surface area contributed by atoms with Gasteiger partial charge in [-0.2, -0.15) is 5.26 Å². The first-order valence-corrected chi connectivity index (χ1v) is 11.3. The second kappa shape index (κ2) is 10.1. The molecule has 0 saturated heterocycles. The largest absolute Gasteiger partial charge is 0.497 e. The Kier molecular flexibility index (Phi) is 7.33. The van der Waals surface area contributed by atoms with Gasteiger partial charge in [-0.3, -0.25) is 9.52 Å². The van der Waals surface area contributed by atoms with E-state index in [4.69, 9.17) is 10.00 Å². The number of carbonyl (C=O) groups excluding carboxylic acids is 1. The summed E-state index contributed by atoms with van der Waals surface area (Å²) in [5.74, 6) is 0.619. The van der Waals surface area contributed by atoms with Crippen molar-refractivity contribution in [3.8, 4) is 11.8 Å². The van der Waals surface area contributed by atoms with E-state index in [1.807, 2.05) is 37.3 Å². The molecule has 0 aliphatic carbocycles. The van der Waals surface area contributed by atoms with Crippen LogP contribution in [0.3, 0.4) is 0 Å². The van der Waals surface area contributed by atoms with Gasteiger partial charge in [0.25, 0.3) is 5.91 Å². The van der Waals surface area contributed by atoms with Crippen molar-refractivity contribution in [3.05, 3.63) is 70.2 Å². The summed E-state index contributed by atoms with van der Waals surface area (Å²) < 4.78 is 8.06. The number of thiazole rings is 1. The van der Waals surface area contributed by atoms with Crippen LogP contribution < -0.4 is 14.4 Å². The summed E-state index contributed by atoms with van der Waals surface area (Å²) in [5.41, 5.74) is 3.09. The van der Waals surface area contributed by atoms with E-state index in [2.05, 4.69) is 26.7 Å². The van der Waals surface area contributed by atoms with Crippen molar-refractivity contribution in [2.24, 2.45) is 0 Å². The molecule has 0 fully saturated rings. The van der Waals surface area contributed by atoms with E-state index in [9.17, 15) is 4.79 Å². The Labute approximate surface area is 184 Å². The Hall–Kier alpha value is -3.02. The van der Waals surface area contributed by atoms with E-state index >= 15 is 0 Å². The molecule has 6 nitrogen and oxygen atoms in total. The van der Waals surface area contributed by atoms with Crippen LogP contribution in [0.15, 0.2) is 48.5 Å². The highest BCUT2D eigenvalue weighted by Crippen LogP contribution is 2.32. The number of carbonyl (C=O) groups is 1. The van der Waals surface area contributed by atoms with E-state index in [0.717, 1.165) is 33.4 Å². The van der Waals surface area contributed by atoms with Gasteiger partial charge in [-0.15, -0.1) is 11.3 Å². The first-order valence-electron chi connectivity index (χ1n) is 9.27. The number of benzene rings is 2. The maximum absolute atomic E-state index is 12.3. The van der Waals surface area contributed by atoms with Gasteiger partial charge in [0, 0.05) is 23.4 Å². The minimum absolute atomic E-state index is 0.199. The van der Waals surface area contributed by atoms with Crippen LogP contribution >= 0.6 is 23.3 Å². The van der Waals surface area contributed by atoms with Gasteiger partial charge < -0.3 is 9.64 Å². The molecule has 0 bridgehead atoms. The number of ether oxygens (including phenoxy) is 1. The molecule has 2 aromatic carbocycles. The van der Waals surface area contributed by atoms with Gasteiger partial charge in [-0.25, -0.2) is 4.98 Å². The van der Waals surface area contributed by atoms with Gasteiger partial charge in [-0.1, -0.05) is 24.1 Å². The van der Waals surface area contributed by atoms with Gasteiger partial charge in [-0.05, 0) is 55.3 Å². The monoisotopic (exact) mass is 438 g/mol. The smallest absolute Gasteiger partial charge is 0.280 e. The summed E-state index contributed by atoms with van der Waals surface area (Å²) in [5, 5.41) is 9.85. The molecular weight excluding hydrogens is 416 g/mol. The number of nitrogens with zero attached hydrogens (tertiary/aromatic N) is 3. The van der Waals surface area contributed by atoms with E-state index in [-0.39, 0.29) is 5.91 Å². The van der Waals surface area contributed by atoms with Crippen molar-refractivity contribution >= 4 is 40.0 Å². The minimum atomic E-state index is -0.199. The second-order valence-corrected chi connectivity index (χ2v) is 8.24. The number of anilines is 2. The Bertz CT molecular complexity index is 1060. The number of rotatable bonds is 8. The summed E-state index contributed by atoms with van der Waals surface area (Å²) in [6, 6.07) is 17.5. The molecule has 1 heterocycles. The highest BCUT2D eigenvalue weighted by Gasteiger charge is 2.20. The Morgan fingerprint density at radius 3 is 2.73 bits per heavy atom. The number of nitrogens with one attached hydrogen (secondary N) is 1. The topological polar surface area (TPSA) is 78.2 Å². The van der Waals surface area contributed by atoms with Crippen molar-refractivity contribution in [3.63, 3.8) is 0 Å². The Balaban J connectivity index is 1.92. The fourth-order valence-corrected chi connectivity index (χ4v) is 4.20. The van der Waals surface area contributed by atoms with Gasteiger partial charge >= 0.3 is 0 Å². The minimum Gasteiger partial charge on any atom is -0.497 e. The number of methoxy groups -OCH3 is 1. The molecule has 0 spiro atoms. The number of nitriles is 1. The van der Waals surface area contributed by atoms with Crippen molar-refractivity contribution in [2.45, 2.75) is 13.3 Å². The van der Waals surface area contributed by atoms with Crippen LogP contribution in [-0.2, 0) is 6.42 Å². The van der Waals surface area contributed by atoms with Crippen LogP contribution in [0.5, 0.6) is 5.75 Å². The summed E-state index contributed by atoms with van der Waals surface area (Å²) >= 11 is 2.73. The van der Waals surface area contributed by atoms with E-state index < -0.39 is 0 Å². The molecule has 1 N–H and O–H groups in total. The van der Waals surface area contributed by atoms with Crippen molar-refractivity contribution < 1.29 is 9.53 Å². The number of hydrogen-bond acceptors (Lipinski definition) is 7. The molecule has 3 aromatic rings. The number of aromatic nitrogens is 1. The Morgan fingerprint density at radius 1 is 1.30 bits per heavy atom. The molecule has 0 radical (unpaired) electrons. The third kappa shape index (κ3) is 5.12. The number of aryl methyl sites for hydroxylation is 1. The van der Waals surface area contributed by atoms with Crippen LogP contribution in [0.4, 0.5) is 10.8 Å². The second-order valence-electron chi connectivity index (χ2n) is 6.45. The summed E-state index contributed by atoms with van der Waals surface area (Å²) in [6.45, 7) is 2.56. The third-order valence-corrected chi connectivity index (χ3v) is 5.88. The summed E-state index contributed by atoms with van der Waals surface area (Å²) in [4.78, 5) is 19.9. The molecule has 0 saturated carbocycles. The van der Waals surface area contributed by atoms with Crippen LogP contribution in [0.1, 0.15) is 26.5 Å². The number of hydrogen-bond donors (Lipinski definition) is 1. The zero-order valence-electron chi connectivity index (χ0n) is 17.0. The van der Waals surface area contributed by atoms with Crippen molar-refractivity contribution in [1.29, 1.82) is 5.26 Å². The maximum atomic E-state index is 12.3. The molecule has 0 aliphatic rings. The number of amides is 1. The van der Waals surface area contributed by atoms with Gasteiger partial charge in [0.05, 0.1) is 18.7 Å². The molecule has 0 atom stereocenters. The standard InChI is InChI=1S/C22H22N4O2S2/c1-15-20(21(27)25-29-3)24-22(30-15)26(18-9-7-17(14-23)8-10-18)12-11-16-5-4-6-19(13-16)28-2/h4-10,13H,11-12H2,1-3H3,(H,25,27). The lowest BCUT2D eigenvalue weighted by Crippen LogP contribution is -2.21. The lowest BCUT2D eigenvalue weighted by atomic mass is 10.1. The average Bonchev–Trinajstić information content (AvgIpc) is 3.16. The predicted molar refractivity (Wildman–Crippen MR) is 123 cm³/mol. The third-order valence-electron chi connectivity index (χ3n) is 4.49. The van der Waals surface area contributed by atoms with Gasteiger partial charge in [0.1, 0.15) is 11.4 Å². The molecule has 8 heteroatoms. The van der Waals surface area contributed by atoms with E-state index in [0.29, 0.717) is 17.8 Å². The normalized spacial score (nSPS) is 10.3. The predicted octanol–water partition coefficient (Wildman–Crippen LogP) is 4.72. The molecule has 30 heavy (non-hydrogen) atoms. The quantitative estimate of drug-likeness (QED) is 0.513. The summed E-state index contributed by atoms with van der Waals surface area (Å²) in [6.07, 6.45) is 2.57. The van der Waals surface area contributed by atoms with Crippen LogP contribution in [0, 0.1) is 18.3 Å². The molecule has 0 aliphatic heterocycles. The van der Waals surface area contributed by atoms with Crippen LogP contribution in [0.2, 0.25) is 0 Å². The molecule has 3 rings (SSSR count). The lowest BCUT2D eigenvalue weighted by molar-refractivity contribution is 0.0980. The van der Waals surface area contributed by atoms with Crippen molar-refractivity contribution in [1.82, 2.24) is 9.71 Å². The fraction of sp³-hybridized carbons (Fsp3) is 0.227. The van der Waals surface area contributed by atoms with Crippen LogP contribution in [-0.4, -0.2) is 30.8 Å². The highest BCUT2D eigenvalue weighted by molar-refractivity contribution is 7.97. The first kappa shape index (κ1) is 21.7. The molecular formula is C22H22N4O2S2. The van der Waals surface area contributed by atoms with E-state index in [1.165, 1.54) is 23.3 Å². The zero-order valence-corrected chi connectivity index (χ0v) is 18.6. The fourth-order valence-electron chi connectivity index (χ4n) is 2.97. The van der Waals surface area contributed by atoms with E-state index in [1.54, 1.807) is 25.5 Å². The Morgan fingerprint density at radius 2 is 2.07 bits per heavy atom. The lowest BCUT2D eigenvalue weighted by Gasteiger charge is -2.22.